The first kappa shape index (κ1) is 19.8. The lowest BCUT2D eigenvalue weighted by Crippen LogP contribution is -2.40. The van der Waals surface area contributed by atoms with E-state index in [-0.39, 0.29) is 18.0 Å². The highest BCUT2D eigenvalue weighted by Gasteiger charge is 2.31. The van der Waals surface area contributed by atoms with Gasteiger partial charge in [0, 0.05) is 32.7 Å². The van der Waals surface area contributed by atoms with Crippen LogP contribution in [0.4, 0.5) is 11.6 Å². The van der Waals surface area contributed by atoms with E-state index < -0.39 is 5.69 Å². The van der Waals surface area contributed by atoms with Gasteiger partial charge in [-0.1, -0.05) is 13.0 Å². The summed E-state index contributed by atoms with van der Waals surface area (Å²) in [5, 5.41) is 0. The fourth-order valence-electron chi connectivity index (χ4n) is 4.01. The maximum atomic E-state index is 13.2. The molecule has 0 aliphatic carbocycles. The van der Waals surface area contributed by atoms with Crippen LogP contribution in [0.25, 0.3) is 11.2 Å². The van der Waals surface area contributed by atoms with E-state index in [0.29, 0.717) is 41.7 Å². The predicted octanol–water partition coefficient (Wildman–Crippen LogP) is 1.89. The first-order valence-electron chi connectivity index (χ1n) is 9.71. The molecule has 30 heavy (non-hydrogen) atoms. The topological polar surface area (TPSA) is 83.5 Å². The molecule has 1 atom stereocenters. The first-order chi connectivity index (χ1) is 14.4. The molecule has 0 radical (unpaired) electrons. The van der Waals surface area contributed by atoms with Crippen molar-refractivity contribution in [3.8, 4) is 11.5 Å². The van der Waals surface area contributed by atoms with Crippen molar-refractivity contribution in [3.05, 3.63) is 51.7 Å². The van der Waals surface area contributed by atoms with Crippen LogP contribution >= 0.6 is 0 Å². The molecule has 0 saturated heterocycles. The Kier molecular flexibility index (Phi) is 4.89. The zero-order valence-corrected chi connectivity index (χ0v) is 17.6. The Bertz CT molecular complexity index is 1250. The van der Waals surface area contributed by atoms with Gasteiger partial charge in [0.15, 0.2) is 11.2 Å². The summed E-state index contributed by atoms with van der Waals surface area (Å²) in [6.07, 6.45) is 1.54. The summed E-state index contributed by atoms with van der Waals surface area (Å²) in [7, 11) is 4.85. The molecule has 0 bridgehead atoms. The third kappa shape index (κ3) is 2.89. The number of hydrogen-bond acceptors (Lipinski definition) is 6. The molecule has 0 amide bonds. The van der Waals surface area contributed by atoms with Crippen molar-refractivity contribution in [1.82, 2.24) is 18.7 Å². The molecule has 9 nitrogen and oxygen atoms in total. The molecule has 1 unspecified atom stereocenters. The number of anilines is 2. The smallest absolute Gasteiger partial charge is 0.332 e. The Hall–Kier alpha value is -3.49. The summed E-state index contributed by atoms with van der Waals surface area (Å²) in [5.41, 5.74) is 0.782. The number of nitrogens with zero attached hydrogens (tertiary/aromatic N) is 5. The van der Waals surface area contributed by atoms with Gasteiger partial charge in [-0.3, -0.25) is 13.9 Å². The largest absolute Gasteiger partial charge is 0.497 e. The second-order valence-corrected chi connectivity index (χ2v) is 7.49. The molecule has 9 heteroatoms. The second kappa shape index (κ2) is 7.40. The fraction of sp³-hybridized carbons (Fsp3) is 0.381. The molecule has 0 fully saturated rings. The maximum absolute atomic E-state index is 13.2. The number of benzene rings is 1. The van der Waals surface area contributed by atoms with E-state index in [1.807, 2.05) is 27.7 Å². The molecule has 2 aromatic heterocycles. The summed E-state index contributed by atoms with van der Waals surface area (Å²) >= 11 is 0. The predicted molar refractivity (Wildman–Crippen MR) is 115 cm³/mol. The third-order valence-corrected chi connectivity index (χ3v) is 5.43. The second-order valence-electron chi connectivity index (χ2n) is 7.49. The number of rotatable bonds is 5. The number of ether oxygens (including phenoxy) is 2. The molecule has 0 N–H and O–H groups in total. The Morgan fingerprint density at radius 3 is 2.67 bits per heavy atom. The van der Waals surface area contributed by atoms with Crippen molar-refractivity contribution < 1.29 is 9.47 Å². The highest BCUT2D eigenvalue weighted by Crippen LogP contribution is 2.39. The van der Waals surface area contributed by atoms with Crippen molar-refractivity contribution in [3.63, 3.8) is 0 Å². The molecule has 3 heterocycles. The highest BCUT2D eigenvalue weighted by molar-refractivity contribution is 5.78. The van der Waals surface area contributed by atoms with E-state index in [4.69, 9.17) is 14.5 Å². The van der Waals surface area contributed by atoms with E-state index in [1.165, 1.54) is 15.2 Å². The van der Waals surface area contributed by atoms with Crippen molar-refractivity contribution >= 4 is 22.8 Å². The number of hydrogen-bond donors (Lipinski definition) is 0. The van der Waals surface area contributed by atoms with Gasteiger partial charge < -0.3 is 18.9 Å². The lowest BCUT2D eigenvalue weighted by atomic mass is 10.1. The van der Waals surface area contributed by atoms with Crippen LogP contribution in [0, 0.1) is 5.92 Å². The molecule has 158 valence electrons. The van der Waals surface area contributed by atoms with Crippen molar-refractivity contribution in [1.29, 1.82) is 0 Å². The van der Waals surface area contributed by atoms with Gasteiger partial charge in [-0.15, -0.1) is 6.58 Å². The maximum Gasteiger partial charge on any atom is 0.332 e. The van der Waals surface area contributed by atoms with E-state index >= 15 is 0 Å². The number of aromatic nitrogens is 4. The van der Waals surface area contributed by atoms with Crippen LogP contribution in [0.5, 0.6) is 11.5 Å². The summed E-state index contributed by atoms with van der Waals surface area (Å²) in [6.45, 7) is 7.21. The lowest BCUT2D eigenvalue weighted by Gasteiger charge is -2.33. The van der Waals surface area contributed by atoms with Crippen molar-refractivity contribution in [2.45, 2.75) is 20.0 Å². The summed E-state index contributed by atoms with van der Waals surface area (Å²) in [5.74, 6) is 2.18. The van der Waals surface area contributed by atoms with Gasteiger partial charge >= 0.3 is 5.69 Å². The molecule has 0 saturated carbocycles. The Morgan fingerprint density at radius 2 is 2.00 bits per heavy atom. The minimum Gasteiger partial charge on any atom is -0.497 e. The van der Waals surface area contributed by atoms with Crippen molar-refractivity contribution in [2.75, 3.05) is 25.7 Å². The van der Waals surface area contributed by atoms with E-state index in [1.54, 1.807) is 21.3 Å². The van der Waals surface area contributed by atoms with E-state index in [0.717, 1.165) is 5.69 Å². The van der Waals surface area contributed by atoms with Crippen LogP contribution in [0.2, 0.25) is 0 Å². The number of fused-ring (bicyclic) bond motifs is 3. The molecule has 3 aromatic rings. The zero-order chi connectivity index (χ0) is 21.6. The van der Waals surface area contributed by atoms with Crippen molar-refractivity contribution in [2.24, 2.45) is 13.0 Å². The standard InChI is InChI=1S/C21H25N5O4/c1-6-9-24-19(27)17-18(23(3)21(24)28)22-20-25(11-13(2)12-26(17)20)15-10-14(29-4)7-8-16(15)30-5/h6-8,10,13H,1,9,11-12H2,2-5H3. The van der Waals surface area contributed by atoms with E-state index in [9.17, 15) is 9.59 Å². The van der Waals surface area contributed by atoms with Crippen LogP contribution in [0.3, 0.4) is 0 Å². The molecule has 1 aromatic carbocycles. The number of methoxy groups -OCH3 is 2. The summed E-state index contributed by atoms with van der Waals surface area (Å²) < 4.78 is 15.5. The van der Waals surface area contributed by atoms with Gasteiger partial charge in [-0.05, 0) is 18.1 Å². The van der Waals surface area contributed by atoms with Crippen LogP contribution in [-0.2, 0) is 20.1 Å². The Balaban J connectivity index is 2.03. The number of aryl methyl sites for hydroxylation is 1. The third-order valence-electron chi connectivity index (χ3n) is 5.43. The zero-order valence-electron chi connectivity index (χ0n) is 17.6. The van der Waals surface area contributed by atoms with Gasteiger partial charge in [0.1, 0.15) is 11.5 Å². The Morgan fingerprint density at radius 1 is 1.23 bits per heavy atom. The quantitative estimate of drug-likeness (QED) is 0.596. The van der Waals surface area contributed by atoms with Gasteiger partial charge in [0.2, 0.25) is 5.95 Å². The monoisotopic (exact) mass is 411 g/mol. The molecular weight excluding hydrogens is 386 g/mol. The summed E-state index contributed by atoms with van der Waals surface area (Å²) in [4.78, 5) is 32.6. The minimum atomic E-state index is -0.415. The molecular formula is C21H25N5O4. The van der Waals surface area contributed by atoms with Crippen LogP contribution < -0.4 is 25.6 Å². The number of allylic oxidation sites excluding steroid dienone is 1. The van der Waals surface area contributed by atoms with Gasteiger partial charge in [0.25, 0.3) is 5.56 Å². The highest BCUT2D eigenvalue weighted by atomic mass is 16.5. The lowest BCUT2D eigenvalue weighted by molar-refractivity contribution is 0.399. The average molecular weight is 411 g/mol. The van der Waals surface area contributed by atoms with Gasteiger partial charge in [-0.2, -0.15) is 4.98 Å². The van der Waals surface area contributed by atoms with Crippen LogP contribution in [0.15, 0.2) is 40.4 Å². The number of imidazole rings is 1. The SMILES string of the molecule is C=CCn1c(=O)c2c(nc3n2CC(C)CN3c2cc(OC)ccc2OC)n(C)c1=O. The molecule has 4 rings (SSSR count). The van der Waals surface area contributed by atoms with Crippen LogP contribution in [-0.4, -0.2) is 39.4 Å². The minimum absolute atomic E-state index is 0.144. The fourth-order valence-corrected chi connectivity index (χ4v) is 4.01. The Labute approximate surface area is 173 Å². The van der Waals surface area contributed by atoms with Crippen LogP contribution in [0.1, 0.15) is 6.92 Å². The average Bonchev–Trinajstić information content (AvgIpc) is 3.13. The molecule has 0 spiro atoms. The van der Waals surface area contributed by atoms with E-state index in [2.05, 4.69) is 13.5 Å². The molecule has 1 aliphatic rings. The van der Waals surface area contributed by atoms with Gasteiger partial charge in [0.05, 0.1) is 19.9 Å². The first-order valence-corrected chi connectivity index (χ1v) is 9.71. The normalized spacial score (nSPS) is 15.9. The molecule has 1 aliphatic heterocycles. The van der Waals surface area contributed by atoms with Gasteiger partial charge in [-0.25, -0.2) is 4.79 Å². The summed E-state index contributed by atoms with van der Waals surface area (Å²) in [6, 6.07) is 5.55.